The molecule has 0 bridgehead atoms. The van der Waals surface area contributed by atoms with Crippen LogP contribution < -0.4 is 4.74 Å². The summed E-state index contributed by atoms with van der Waals surface area (Å²) in [5, 5.41) is 0. The third-order valence-corrected chi connectivity index (χ3v) is 5.07. The number of hydrogen-bond donors (Lipinski definition) is 0. The molecule has 0 spiro atoms. The zero-order chi connectivity index (χ0) is 20.6. The minimum atomic E-state index is 0.692. The molecule has 0 aliphatic rings. The molecule has 2 heteroatoms. The molecule has 0 saturated carbocycles. The third kappa shape index (κ3) is 5.58. The highest BCUT2D eigenvalue weighted by atomic mass is 16.5. The average molecular weight is 386 g/mol. The third-order valence-electron chi connectivity index (χ3n) is 5.07. The van der Waals surface area contributed by atoms with Crippen LogP contribution in [0.3, 0.4) is 0 Å². The van der Waals surface area contributed by atoms with Crippen molar-refractivity contribution in [3.63, 3.8) is 0 Å². The largest absolute Gasteiger partial charge is 0.492 e. The van der Waals surface area contributed by atoms with Crippen LogP contribution in [0, 0.1) is 6.92 Å². The Morgan fingerprint density at radius 1 is 0.759 bits per heavy atom. The number of nitrogens with zero attached hydrogens (tertiary/aromatic N) is 1. The average Bonchev–Trinajstić information content (AvgIpc) is 2.74. The second-order valence-electron chi connectivity index (χ2n) is 7.62. The number of aryl methyl sites for hydroxylation is 1. The molecule has 0 aromatic heterocycles. The number of allylic oxidation sites excluding steroid dienone is 1. The van der Waals surface area contributed by atoms with Gasteiger partial charge >= 0.3 is 0 Å². The molecule has 0 atom stereocenters. The Morgan fingerprint density at radius 2 is 1.34 bits per heavy atom. The van der Waals surface area contributed by atoms with Crippen molar-refractivity contribution in [1.82, 2.24) is 4.90 Å². The Morgan fingerprint density at radius 3 is 1.90 bits per heavy atom. The van der Waals surface area contributed by atoms with Crippen molar-refractivity contribution in [2.24, 2.45) is 0 Å². The first-order valence-corrected chi connectivity index (χ1v) is 10.3. The van der Waals surface area contributed by atoms with Gasteiger partial charge in [0.2, 0.25) is 0 Å². The number of ether oxygens (including phenoxy) is 1. The van der Waals surface area contributed by atoms with E-state index in [1.165, 1.54) is 33.4 Å². The maximum absolute atomic E-state index is 5.89. The summed E-state index contributed by atoms with van der Waals surface area (Å²) in [6.45, 7) is 5.96. The normalized spacial score (nSPS) is 12.0. The Kier molecular flexibility index (Phi) is 7.26. The van der Waals surface area contributed by atoms with Gasteiger partial charge in [0.25, 0.3) is 0 Å². The molecule has 3 aromatic rings. The number of benzene rings is 3. The fourth-order valence-electron chi connectivity index (χ4n) is 3.46. The number of rotatable bonds is 8. The molecule has 3 rings (SSSR count). The Hall–Kier alpha value is -2.84. The molecule has 150 valence electrons. The maximum Gasteiger partial charge on any atom is 0.119 e. The van der Waals surface area contributed by atoms with Crippen LogP contribution in [0.2, 0.25) is 0 Å². The van der Waals surface area contributed by atoms with Gasteiger partial charge in [-0.05, 0) is 67.4 Å². The van der Waals surface area contributed by atoms with Crippen molar-refractivity contribution in [3.8, 4) is 5.75 Å². The molecule has 0 heterocycles. The molecule has 0 aliphatic heterocycles. The first-order valence-electron chi connectivity index (χ1n) is 10.3. The lowest BCUT2D eigenvalue weighted by molar-refractivity contribution is 0.261. The van der Waals surface area contributed by atoms with E-state index in [1.54, 1.807) is 0 Å². The molecule has 0 unspecified atom stereocenters. The van der Waals surface area contributed by atoms with Crippen LogP contribution >= 0.6 is 0 Å². The monoisotopic (exact) mass is 385 g/mol. The molecule has 3 aromatic carbocycles. The molecular weight excluding hydrogens is 354 g/mol. The van der Waals surface area contributed by atoms with Crippen molar-refractivity contribution in [1.29, 1.82) is 0 Å². The SMILES string of the molecule is CC/C(=C(\c1ccc(C)cc1)c1ccc(OCCN(C)C)cc1)c1ccccc1. The molecular formula is C27H31NO. The Bertz CT molecular complexity index is 923. The predicted molar refractivity (Wildman–Crippen MR) is 124 cm³/mol. The van der Waals surface area contributed by atoms with Crippen molar-refractivity contribution in [2.45, 2.75) is 20.3 Å². The van der Waals surface area contributed by atoms with Crippen LogP contribution in [-0.4, -0.2) is 32.1 Å². The van der Waals surface area contributed by atoms with E-state index in [2.05, 4.69) is 112 Å². The van der Waals surface area contributed by atoms with E-state index in [0.717, 1.165) is 18.7 Å². The Balaban J connectivity index is 2.02. The highest BCUT2D eigenvalue weighted by Gasteiger charge is 2.13. The van der Waals surface area contributed by atoms with Gasteiger partial charge in [0.15, 0.2) is 0 Å². The van der Waals surface area contributed by atoms with Crippen molar-refractivity contribution in [3.05, 3.63) is 101 Å². The molecule has 0 N–H and O–H groups in total. The quantitative estimate of drug-likeness (QED) is 0.422. The summed E-state index contributed by atoms with van der Waals surface area (Å²) >= 11 is 0. The van der Waals surface area contributed by atoms with Gasteiger partial charge in [0.05, 0.1) is 0 Å². The summed E-state index contributed by atoms with van der Waals surface area (Å²) < 4.78 is 5.89. The van der Waals surface area contributed by atoms with E-state index in [4.69, 9.17) is 4.74 Å². The summed E-state index contributed by atoms with van der Waals surface area (Å²) in [4.78, 5) is 2.12. The highest BCUT2D eigenvalue weighted by molar-refractivity contribution is 5.98. The van der Waals surface area contributed by atoms with Crippen LogP contribution in [0.25, 0.3) is 11.1 Å². The molecule has 0 amide bonds. The van der Waals surface area contributed by atoms with E-state index >= 15 is 0 Å². The Labute approximate surface area is 175 Å². The molecule has 0 fully saturated rings. The minimum Gasteiger partial charge on any atom is -0.492 e. The van der Waals surface area contributed by atoms with Gasteiger partial charge in [-0.15, -0.1) is 0 Å². The summed E-state index contributed by atoms with van der Waals surface area (Å²) in [5.41, 5.74) is 7.66. The lowest BCUT2D eigenvalue weighted by Crippen LogP contribution is -2.19. The molecule has 0 radical (unpaired) electrons. The summed E-state index contributed by atoms with van der Waals surface area (Å²) in [5.74, 6) is 0.914. The van der Waals surface area contributed by atoms with E-state index < -0.39 is 0 Å². The van der Waals surface area contributed by atoms with Gasteiger partial charge in [0.1, 0.15) is 12.4 Å². The number of hydrogen-bond acceptors (Lipinski definition) is 2. The lowest BCUT2D eigenvalue weighted by atomic mass is 9.88. The predicted octanol–water partition coefficient (Wildman–Crippen LogP) is 6.30. The molecule has 0 aliphatic carbocycles. The molecule has 0 saturated heterocycles. The van der Waals surface area contributed by atoms with Gasteiger partial charge in [-0.3, -0.25) is 0 Å². The van der Waals surface area contributed by atoms with Crippen LogP contribution in [0.5, 0.6) is 5.75 Å². The second kappa shape index (κ2) is 10.1. The zero-order valence-corrected chi connectivity index (χ0v) is 18.0. The van der Waals surface area contributed by atoms with Crippen LogP contribution in [0.4, 0.5) is 0 Å². The zero-order valence-electron chi connectivity index (χ0n) is 18.0. The summed E-state index contributed by atoms with van der Waals surface area (Å²) in [7, 11) is 4.11. The van der Waals surface area contributed by atoms with Gasteiger partial charge in [-0.1, -0.05) is 79.2 Å². The second-order valence-corrected chi connectivity index (χ2v) is 7.62. The van der Waals surface area contributed by atoms with Crippen LogP contribution in [-0.2, 0) is 0 Å². The fourth-order valence-corrected chi connectivity index (χ4v) is 3.46. The van der Waals surface area contributed by atoms with Crippen molar-refractivity contribution < 1.29 is 4.74 Å². The van der Waals surface area contributed by atoms with E-state index in [0.29, 0.717) is 6.61 Å². The van der Waals surface area contributed by atoms with Crippen molar-refractivity contribution in [2.75, 3.05) is 27.2 Å². The molecule has 2 nitrogen and oxygen atoms in total. The maximum atomic E-state index is 5.89. The fraction of sp³-hybridized carbons (Fsp3) is 0.259. The summed E-state index contributed by atoms with van der Waals surface area (Å²) in [6.07, 6.45) is 0.967. The first kappa shape index (κ1) is 20.9. The van der Waals surface area contributed by atoms with Gasteiger partial charge < -0.3 is 9.64 Å². The van der Waals surface area contributed by atoms with E-state index in [1.807, 2.05) is 0 Å². The smallest absolute Gasteiger partial charge is 0.119 e. The van der Waals surface area contributed by atoms with Crippen molar-refractivity contribution >= 4 is 11.1 Å². The number of likely N-dealkylation sites (N-methyl/N-ethyl adjacent to an activating group) is 1. The summed E-state index contributed by atoms with van der Waals surface area (Å²) in [6, 6.07) is 28.0. The molecule has 29 heavy (non-hydrogen) atoms. The van der Waals surface area contributed by atoms with Crippen LogP contribution in [0.15, 0.2) is 78.9 Å². The van der Waals surface area contributed by atoms with E-state index in [9.17, 15) is 0 Å². The minimum absolute atomic E-state index is 0.692. The first-order chi connectivity index (χ1) is 14.1. The lowest BCUT2D eigenvalue weighted by Gasteiger charge is -2.17. The van der Waals surface area contributed by atoms with E-state index in [-0.39, 0.29) is 0 Å². The van der Waals surface area contributed by atoms with Gasteiger partial charge in [-0.2, -0.15) is 0 Å². The topological polar surface area (TPSA) is 12.5 Å². The van der Waals surface area contributed by atoms with Gasteiger partial charge in [0, 0.05) is 6.54 Å². The highest BCUT2D eigenvalue weighted by Crippen LogP contribution is 2.35. The standard InChI is InChI=1S/C27H31NO/c1-5-26(22-9-7-6-8-10-22)27(23-13-11-21(2)12-14-23)24-15-17-25(18-16-24)29-20-19-28(3)4/h6-18H,5,19-20H2,1-4H3/b27-26-. The van der Waals surface area contributed by atoms with Crippen LogP contribution in [0.1, 0.15) is 35.6 Å². The van der Waals surface area contributed by atoms with Gasteiger partial charge in [-0.25, -0.2) is 0 Å².